The monoisotopic (exact) mass is 263 g/mol. The summed E-state index contributed by atoms with van der Waals surface area (Å²) in [6.07, 6.45) is 3.08. The molecular weight excluding hydrogens is 246 g/mol. The van der Waals surface area contributed by atoms with Crippen molar-refractivity contribution < 1.29 is 9.72 Å². The lowest BCUT2D eigenvalue weighted by Crippen LogP contribution is -2.17. The van der Waals surface area contributed by atoms with Gasteiger partial charge in [0.1, 0.15) is 5.69 Å². The maximum absolute atomic E-state index is 11.1. The number of nitro benzene ring substituents is 1. The van der Waals surface area contributed by atoms with Crippen LogP contribution in [0.4, 0.5) is 11.4 Å². The third-order valence-corrected chi connectivity index (χ3v) is 3.53. The number of benzene rings is 1. The predicted octanol–water partition coefficient (Wildman–Crippen LogP) is 2.29. The molecule has 2 unspecified atom stereocenters. The first-order chi connectivity index (χ1) is 8.97. The quantitative estimate of drug-likeness (QED) is 0.643. The van der Waals surface area contributed by atoms with E-state index in [4.69, 9.17) is 5.73 Å². The van der Waals surface area contributed by atoms with Crippen LogP contribution in [0.2, 0.25) is 0 Å². The summed E-state index contributed by atoms with van der Waals surface area (Å²) in [5, 5.41) is 14.2. The second kappa shape index (κ2) is 5.26. The zero-order valence-electron chi connectivity index (χ0n) is 10.8. The Bertz CT molecular complexity index is 516. The summed E-state index contributed by atoms with van der Waals surface area (Å²) in [5.41, 5.74) is 5.83. The van der Waals surface area contributed by atoms with Gasteiger partial charge in [0.2, 0.25) is 5.91 Å². The molecule has 0 bridgehead atoms. The van der Waals surface area contributed by atoms with E-state index in [1.807, 2.05) is 0 Å². The van der Waals surface area contributed by atoms with Crippen molar-refractivity contribution in [2.75, 3.05) is 5.32 Å². The second-order valence-electron chi connectivity index (χ2n) is 5.11. The van der Waals surface area contributed by atoms with Crippen LogP contribution in [0.3, 0.4) is 0 Å². The van der Waals surface area contributed by atoms with Gasteiger partial charge in [-0.2, -0.15) is 0 Å². The zero-order valence-corrected chi connectivity index (χ0v) is 10.8. The third kappa shape index (κ3) is 3.01. The van der Waals surface area contributed by atoms with Crippen molar-refractivity contribution in [3.8, 4) is 0 Å². The summed E-state index contributed by atoms with van der Waals surface area (Å²) < 4.78 is 0. The maximum Gasteiger partial charge on any atom is 0.292 e. The fraction of sp³-hybridized carbons (Fsp3) is 0.462. The van der Waals surface area contributed by atoms with Gasteiger partial charge in [-0.15, -0.1) is 0 Å². The Morgan fingerprint density at radius 2 is 2.21 bits per heavy atom. The number of anilines is 1. The van der Waals surface area contributed by atoms with Gasteiger partial charge in [0.05, 0.1) is 4.92 Å². The number of carbonyl (C=O) groups excluding carboxylic acids is 1. The van der Waals surface area contributed by atoms with E-state index in [9.17, 15) is 14.9 Å². The summed E-state index contributed by atoms with van der Waals surface area (Å²) in [6.45, 7) is 2.16. The first-order valence-corrected chi connectivity index (χ1v) is 6.32. The number of nitro groups is 1. The van der Waals surface area contributed by atoms with Gasteiger partial charge < -0.3 is 11.1 Å². The normalized spacial score (nSPS) is 22.2. The van der Waals surface area contributed by atoms with Crippen molar-refractivity contribution in [1.29, 1.82) is 0 Å². The van der Waals surface area contributed by atoms with Crippen LogP contribution in [-0.2, 0) is 0 Å². The molecule has 1 saturated carbocycles. The number of nitrogens with two attached hydrogens (primary N) is 1. The molecule has 19 heavy (non-hydrogen) atoms. The number of hydrogen-bond acceptors (Lipinski definition) is 4. The van der Waals surface area contributed by atoms with E-state index in [2.05, 4.69) is 12.2 Å². The summed E-state index contributed by atoms with van der Waals surface area (Å²) in [6, 6.07) is 4.38. The van der Waals surface area contributed by atoms with Gasteiger partial charge in [-0.1, -0.05) is 6.92 Å². The van der Waals surface area contributed by atoms with Crippen LogP contribution in [0, 0.1) is 16.0 Å². The number of hydrogen-bond donors (Lipinski definition) is 2. The Kier molecular flexibility index (Phi) is 3.69. The molecule has 1 amide bonds. The molecular formula is C13H17N3O3. The third-order valence-electron chi connectivity index (χ3n) is 3.53. The molecule has 0 aromatic heterocycles. The number of primary amides is 1. The molecule has 6 nitrogen and oxygen atoms in total. The number of nitrogens with zero attached hydrogens (tertiary/aromatic N) is 1. The largest absolute Gasteiger partial charge is 0.377 e. The summed E-state index contributed by atoms with van der Waals surface area (Å²) in [5.74, 6) is 0.0358. The molecule has 0 spiro atoms. The van der Waals surface area contributed by atoms with Crippen molar-refractivity contribution >= 4 is 17.3 Å². The fourth-order valence-electron chi connectivity index (χ4n) is 2.52. The molecule has 0 heterocycles. The Balaban J connectivity index is 2.27. The average molecular weight is 263 g/mol. The van der Waals surface area contributed by atoms with Crippen molar-refractivity contribution in [1.82, 2.24) is 0 Å². The average Bonchev–Trinajstić information content (AvgIpc) is 2.74. The van der Waals surface area contributed by atoms with Crippen LogP contribution in [0.1, 0.15) is 36.5 Å². The van der Waals surface area contributed by atoms with E-state index in [-0.39, 0.29) is 17.3 Å². The van der Waals surface area contributed by atoms with E-state index in [1.165, 1.54) is 18.2 Å². The molecule has 6 heteroatoms. The molecule has 1 aromatic carbocycles. The van der Waals surface area contributed by atoms with Gasteiger partial charge in [-0.25, -0.2) is 0 Å². The minimum atomic E-state index is -0.585. The first-order valence-electron chi connectivity index (χ1n) is 6.32. The van der Waals surface area contributed by atoms with Crippen molar-refractivity contribution in [2.24, 2.45) is 11.7 Å². The molecule has 1 aliphatic rings. The van der Waals surface area contributed by atoms with Gasteiger partial charge in [0.25, 0.3) is 5.69 Å². The highest BCUT2D eigenvalue weighted by Gasteiger charge is 2.24. The Labute approximate surface area is 111 Å². The van der Waals surface area contributed by atoms with Gasteiger partial charge in [-0.05, 0) is 37.3 Å². The molecule has 0 saturated heterocycles. The number of nitrogens with one attached hydrogen (secondary N) is 1. The number of carbonyl (C=O) groups is 1. The maximum atomic E-state index is 11.1. The lowest BCUT2D eigenvalue weighted by Gasteiger charge is -2.14. The van der Waals surface area contributed by atoms with Gasteiger partial charge >= 0.3 is 0 Å². The number of amides is 1. The highest BCUT2D eigenvalue weighted by atomic mass is 16.6. The molecule has 2 atom stereocenters. The van der Waals surface area contributed by atoms with E-state index in [0.29, 0.717) is 11.6 Å². The lowest BCUT2D eigenvalue weighted by molar-refractivity contribution is -0.384. The summed E-state index contributed by atoms with van der Waals surface area (Å²) in [4.78, 5) is 21.7. The fourth-order valence-corrected chi connectivity index (χ4v) is 2.52. The SMILES string of the molecule is CC1CCC(Nc2cc(C(N)=O)ccc2[N+](=O)[O-])C1. The smallest absolute Gasteiger partial charge is 0.292 e. The van der Waals surface area contributed by atoms with E-state index < -0.39 is 10.8 Å². The first kappa shape index (κ1) is 13.3. The lowest BCUT2D eigenvalue weighted by atomic mass is 10.1. The Morgan fingerprint density at radius 3 is 2.74 bits per heavy atom. The van der Waals surface area contributed by atoms with E-state index >= 15 is 0 Å². The minimum Gasteiger partial charge on any atom is -0.377 e. The molecule has 0 aliphatic heterocycles. The molecule has 1 aliphatic carbocycles. The van der Waals surface area contributed by atoms with Gasteiger partial charge in [0, 0.05) is 17.7 Å². The topological polar surface area (TPSA) is 98.3 Å². The Hall–Kier alpha value is -2.11. The standard InChI is InChI=1S/C13H17N3O3/c1-8-2-4-10(6-8)15-11-7-9(13(14)17)3-5-12(11)16(18)19/h3,5,7-8,10,15H,2,4,6H2,1H3,(H2,14,17). The molecule has 2 rings (SSSR count). The highest BCUT2D eigenvalue weighted by molar-refractivity contribution is 5.94. The predicted molar refractivity (Wildman–Crippen MR) is 72.0 cm³/mol. The van der Waals surface area contributed by atoms with Crippen LogP contribution in [-0.4, -0.2) is 16.9 Å². The zero-order chi connectivity index (χ0) is 14.0. The van der Waals surface area contributed by atoms with Gasteiger partial charge in [-0.3, -0.25) is 14.9 Å². The molecule has 102 valence electrons. The van der Waals surface area contributed by atoms with Crippen LogP contribution in [0.5, 0.6) is 0 Å². The molecule has 0 radical (unpaired) electrons. The minimum absolute atomic E-state index is 0.0236. The van der Waals surface area contributed by atoms with Crippen molar-refractivity contribution in [3.63, 3.8) is 0 Å². The highest BCUT2D eigenvalue weighted by Crippen LogP contribution is 2.31. The van der Waals surface area contributed by atoms with E-state index in [0.717, 1.165) is 19.3 Å². The van der Waals surface area contributed by atoms with E-state index in [1.54, 1.807) is 0 Å². The number of rotatable bonds is 4. The second-order valence-corrected chi connectivity index (χ2v) is 5.11. The van der Waals surface area contributed by atoms with Crippen molar-refractivity contribution in [2.45, 2.75) is 32.2 Å². The molecule has 3 N–H and O–H groups in total. The van der Waals surface area contributed by atoms with Crippen LogP contribution in [0.25, 0.3) is 0 Å². The van der Waals surface area contributed by atoms with Gasteiger partial charge in [0.15, 0.2) is 0 Å². The van der Waals surface area contributed by atoms with Crippen LogP contribution >= 0.6 is 0 Å². The van der Waals surface area contributed by atoms with Crippen LogP contribution in [0.15, 0.2) is 18.2 Å². The molecule has 1 aromatic rings. The molecule has 1 fully saturated rings. The Morgan fingerprint density at radius 1 is 1.47 bits per heavy atom. The van der Waals surface area contributed by atoms with Crippen LogP contribution < -0.4 is 11.1 Å². The summed E-state index contributed by atoms with van der Waals surface area (Å²) in [7, 11) is 0. The summed E-state index contributed by atoms with van der Waals surface area (Å²) >= 11 is 0. The van der Waals surface area contributed by atoms with Crippen molar-refractivity contribution in [3.05, 3.63) is 33.9 Å².